The second-order valence-electron chi connectivity index (χ2n) is 5.95. The maximum atomic E-state index is 13.1. The average molecular weight is 413 g/mol. The first-order valence-electron chi connectivity index (χ1n) is 8.25. The molecule has 1 N–H and O–H groups in total. The van der Waals surface area contributed by atoms with Gasteiger partial charge in [-0.05, 0) is 37.3 Å². The predicted molar refractivity (Wildman–Crippen MR) is 103 cm³/mol. The molecule has 0 spiro atoms. The van der Waals surface area contributed by atoms with Crippen molar-refractivity contribution < 1.29 is 18.5 Å². The molecule has 9 nitrogen and oxygen atoms in total. The summed E-state index contributed by atoms with van der Waals surface area (Å²) in [4.78, 5) is 26.9. The third-order valence-electron chi connectivity index (χ3n) is 3.88. The number of amides is 1. The van der Waals surface area contributed by atoms with Crippen molar-refractivity contribution in [2.45, 2.75) is 6.92 Å². The summed E-state index contributed by atoms with van der Waals surface area (Å²) in [5, 5.41) is 19.9. The Morgan fingerprint density at radius 1 is 1.28 bits per heavy atom. The van der Waals surface area contributed by atoms with Crippen LogP contribution < -0.4 is 5.32 Å². The van der Waals surface area contributed by atoms with Crippen LogP contribution in [0, 0.1) is 22.9 Å². The fourth-order valence-corrected chi connectivity index (χ4v) is 3.37. The van der Waals surface area contributed by atoms with Crippen molar-refractivity contribution in [3.8, 4) is 16.4 Å². The Morgan fingerprint density at radius 2 is 2.03 bits per heavy atom. The molecule has 29 heavy (non-hydrogen) atoms. The van der Waals surface area contributed by atoms with Gasteiger partial charge in [-0.3, -0.25) is 14.9 Å². The summed E-state index contributed by atoms with van der Waals surface area (Å²) in [6.07, 6.45) is 0. The molecule has 0 saturated heterocycles. The molecule has 4 rings (SSSR count). The minimum absolute atomic E-state index is 0.201. The zero-order valence-corrected chi connectivity index (χ0v) is 15.6. The maximum Gasteiger partial charge on any atom is 0.433 e. The number of nitro groups is 1. The van der Waals surface area contributed by atoms with Crippen molar-refractivity contribution in [3.63, 3.8) is 0 Å². The molecule has 3 aromatic heterocycles. The summed E-state index contributed by atoms with van der Waals surface area (Å²) in [6, 6.07) is 9.89. The quantitative estimate of drug-likeness (QED) is 0.387. The van der Waals surface area contributed by atoms with Crippen LogP contribution in [0.25, 0.3) is 16.4 Å². The lowest BCUT2D eigenvalue weighted by Gasteiger charge is -2.04. The lowest BCUT2D eigenvalue weighted by molar-refractivity contribution is -0.402. The summed E-state index contributed by atoms with van der Waals surface area (Å²) in [5.74, 6) is -1.40. The van der Waals surface area contributed by atoms with E-state index in [1.54, 1.807) is 30.5 Å². The molecule has 11 heteroatoms. The van der Waals surface area contributed by atoms with E-state index in [1.165, 1.54) is 34.2 Å². The molecule has 1 amide bonds. The van der Waals surface area contributed by atoms with Crippen LogP contribution in [0.5, 0.6) is 0 Å². The number of hydrogen-bond acceptors (Lipinski definition) is 7. The van der Waals surface area contributed by atoms with Crippen molar-refractivity contribution >= 4 is 28.9 Å². The van der Waals surface area contributed by atoms with E-state index in [0.29, 0.717) is 22.3 Å². The van der Waals surface area contributed by atoms with E-state index in [1.807, 2.05) is 0 Å². The van der Waals surface area contributed by atoms with Gasteiger partial charge in [-0.2, -0.15) is 9.78 Å². The molecule has 0 aliphatic heterocycles. The van der Waals surface area contributed by atoms with Gasteiger partial charge in [0.05, 0.1) is 17.5 Å². The van der Waals surface area contributed by atoms with Crippen LogP contribution in [-0.2, 0) is 0 Å². The van der Waals surface area contributed by atoms with Crippen LogP contribution in [0.4, 0.5) is 16.1 Å². The lowest BCUT2D eigenvalue weighted by Crippen LogP contribution is -2.14. The molecule has 0 aliphatic rings. The highest BCUT2D eigenvalue weighted by molar-refractivity contribution is 7.12. The van der Waals surface area contributed by atoms with E-state index < -0.39 is 16.7 Å². The van der Waals surface area contributed by atoms with Gasteiger partial charge in [0.15, 0.2) is 5.76 Å². The first kappa shape index (κ1) is 18.5. The SMILES string of the molecule is Cc1cc(NC(=O)c2ccc([N+](=O)[O-])o2)n(-c2nc(-c3ccc(F)cc3)cs2)n1. The van der Waals surface area contributed by atoms with Gasteiger partial charge in [-0.15, -0.1) is 11.3 Å². The van der Waals surface area contributed by atoms with Crippen molar-refractivity contribution in [1.29, 1.82) is 0 Å². The Morgan fingerprint density at radius 3 is 2.72 bits per heavy atom. The summed E-state index contributed by atoms with van der Waals surface area (Å²) in [5.41, 5.74) is 2.01. The summed E-state index contributed by atoms with van der Waals surface area (Å²) in [7, 11) is 0. The number of nitrogens with one attached hydrogen (secondary N) is 1. The van der Waals surface area contributed by atoms with Gasteiger partial charge in [0.25, 0.3) is 5.91 Å². The van der Waals surface area contributed by atoms with E-state index in [9.17, 15) is 19.3 Å². The number of anilines is 1. The highest BCUT2D eigenvalue weighted by Gasteiger charge is 2.20. The molecule has 0 aliphatic carbocycles. The first-order chi connectivity index (χ1) is 13.9. The monoisotopic (exact) mass is 413 g/mol. The number of nitrogens with zero attached hydrogens (tertiary/aromatic N) is 4. The van der Waals surface area contributed by atoms with Crippen molar-refractivity contribution in [1.82, 2.24) is 14.8 Å². The third-order valence-corrected chi connectivity index (χ3v) is 4.70. The second-order valence-corrected chi connectivity index (χ2v) is 6.79. The number of furan rings is 1. The third kappa shape index (κ3) is 3.75. The molecule has 0 bridgehead atoms. The van der Waals surface area contributed by atoms with Gasteiger partial charge >= 0.3 is 5.88 Å². The molecular weight excluding hydrogens is 401 g/mol. The van der Waals surface area contributed by atoms with Crippen LogP contribution >= 0.6 is 11.3 Å². The number of thiazole rings is 1. The minimum Gasteiger partial charge on any atom is -0.395 e. The largest absolute Gasteiger partial charge is 0.433 e. The van der Waals surface area contributed by atoms with Gasteiger partial charge in [0.2, 0.25) is 5.13 Å². The van der Waals surface area contributed by atoms with Crippen LogP contribution in [0.15, 0.2) is 52.3 Å². The van der Waals surface area contributed by atoms with Crippen molar-refractivity contribution in [2.24, 2.45) is 0 Å². The summed E-state index contributed by atoms with van der Waals surface area (Å²) >= 11 is 1.29. The van der Waals surface area contributed by atoms with E-state index in [-0.39, 0.29) is 11.6 Å². The normalized spacial score (nSPS) is 10.8. The van der Waals surface area contributed by atoms with Crippen LogP contribution in [0.1, 0.15) is 16.2 Å². The predicted octanol–water partition coefficient (Wildman–Crippen LogP) is 4.20. The highest BCUT2D eigenvalue weighted by Crippen LogP contribution is 2.27. The number of halogens is 1. The van der Waals surface area contributed by atoms with Gasteiger partial charge in [0, 0.05) is 17.0 Å². The smallest absolute Gasteiger partial charge is 0.395 e. The number of carbonyl (C=O) groups is 1. The first-order valence-corrected chi connectivity index (χ1v) is 9.13. The van der Waals surface area contributed by atoms with Gasteiger partial charge in [-0.25, -0.2) is 9.37 Å². The van der Waals surface area contributed by atoms with Gasteiger partial charge in [0.1, 0.15) is 16.6 Å². The van der Waals surface area contributed by atoms with Gasteiger partial charge in [-0.1, -0.05) is 0 Å². The average Bonchev–Trinajstić information content (AvgIpc) is 3.41. The standard InChI is InChI=1S/C18H12FN5O4S/c1-10-8-15(21-17(25)14-6-7-16(28-14)24(26)27)23(22-10)18-20-13(9-29-18)11-2-4-12(19)5-3-11/h2-9H,1H3,(H,21,25). The summed E-state index contributed by atoms with van der Waals surface area (Å²) < 4.78 is 19.5. The molecule has 0 fully saturated rings. The number of carbonyl (C=O) groups excluding carboxylic acids is 1. The molecule has 0 atom stereocenters. The number of aryl methyl sites for hydroxylation is 1. The summed E-state index contributed by atoms with van der Waals surface area (Å²) in [6.45, 7) is 1.75. The van der Waals surface area contributed by atoms with Crippen LogP contribution in [0.3, 0.4) is 0 Å². The molecule has 0 saturated carbocycles. The zero-order chi connectivity index (χ0) is 20.5. The van der Waals surface area contributed by atoms with Crippen molar-refractivity contribution in [2.75, 3.05) is 5.32 Å². The lowest BCUT2D eigenvalue weighted by atomic mass is 10.2. The molecule has 0 radical (unpaired) electrons. The van der Waals surface area contributed by atoms with E-state index in [2.05, 4.69) is 15.4 Å². The molecule has 1 aromatic carbocycles. The zero-order valence-electron chi connectivity index (χ0n) is 14.8. The molecule has 4 aromatic rings. The molecular formula is C18H12FN5O4S. The topological polar surface area (TPSA) is 116 Å². The minimum atomic E-state index is -0.724. The Kier molecular flexibility index (Phi) is 4.64. The maximum absolute atomic E-state index is 13.1. The van der Waals surface area contributed by atoms with Gasteiger partial charge < -0.3 is 9.73 Å². The number of hydrogen-bond donors (Lipinski definition) is 1. The fourth-order valence-electron chi connectivity index (χ4n) is 2.57. The number of aromatic nitrogens is 3. The Hall–Kier alpha value is -3.86. The van der Waals surface area contributed by atoms with E-state index in [4.69, 9.17) is 4.42 Å². The number of rotatable bonds is 5. The Balaban J connectivity index is 1.61. The number of benzene rings is 1. The van der Waals surface area contributed by atoms with E-state index >= 15 is 0 Å². The van der Waals surface area contributed by atoms with Crippen molar-refractivity contribution in [3.05, 3.63) is 75.2 Å². The molecule has 146 valence electrons. The van der Waals surface area contributed by atoms with Crippen LogP contribution in [0.2, 0.25) is 0 Å². The highest BCUT2D eigenvalue weighted by atomic mass is 32.1. The Bertz CT molecular complexity index is 1210. The van der Waals surface area contributed by atoms with E-state index in [0.717, 1.165) is 11.6 Å². The molecule has 0 unspecified atom stereocenters. The fraction of sp³-hybridized carbons (Fsp3) is 0.0556. The second kappa shape index (κ2) is 7.28. The Labute approximate surface area is 166 Å². The molecule has 3 heterocycles. The van der Waals surface area contributed by atoms with Crippen LogP contribution in [-0.4, -0.2) is 25.6 Å².